The van der Waals surface area contributed by atoms with Crippen molar-refractivity contribution in [2.45, 2.75) is 87.5 Å². The summed E-state index contributed by atoms with van der Waals surface area (Å²) in [5, 5.41) is 13.6. The number of rotatable bonds is 7. The molecular weight excluding hydrogens is 673 g/mol. The van der Waals surface area contributed by atoms with Crippen LogP contribution in [-0.4, -0.2) is 89.6 Å². The van der Waals surface area contributed by atoms with Crippen LogP contribution >= 0.6 is 0 Å². The lowest BCUT2D eigenvalue weighted by molar-refractivity contribution is -0.142. The number of aromatic nitrogens is 1. The highest BCUT2D eigenvalue weighted by Crippen LogP contribution is 2.48. The van der Waals surface area contributed by atoms with Crippen LogP contribution in [0.15, 0.2) is 42.6 Å². The molecule has 3 fully saturated rings. The molecule has 0 spiro atoms. The number of hydrogen-bond donors (Lipinski definition) is 4. The third kappa shape index (κ3) is 6.81. The number of pyridine rings is 1. The van der Waals surface area contributed by atoms with Crippen LogP contribution in [0.5, 0.6) is 11.6 Å². The number of carbonyl (C=O) groups excluding carboxylic acids is 3. The summed E-state index contributed by atoms with van der Waals surface area (Å²) in [6.07, 6.45) is 4.27. The third-order valence-electron chi connectivity index (χ3n) is 10.3. The van der Waals surface area contributed by atoms with E-state index >= 15 is 0 Å². The van der Waals surface area contributed by atoms with Gasteiger partial charge in [0.25, 0.3) is 15.9 Å². The Kier molecular flexibility index (Phi) is 9.43. The molecule has 1 saturated heterocycles. The van der Waals surface area contributed by atoms with Gasteiger partial charge in [-0.15, -0.1) is 0 Å². The van der Waals surface area contributed by atoms with Gasteiger partial charge in [0.15, 0.2) is 0 Å². The number of nitrogens with zero attached hydrogens (tertiary/aromatic N) is 2. The van der Waals surface area contributed by atoms with Crippen LogP contribution < -0.4 is 24.8 Å². The van der Waals surface area contributed by atoms with E-state index in [0.717, 1.165) is 5.39 Å². The van der Waals surface area contributed by atoms with E-state index in [1.54, 1.807) is 25.1 Å². The topological polar surface area (TPSA) is 193 Å². The zero-order valence-corrected chi connectivity index (χ0v) is 28.9. The zero-order chi connectivity index (χ0) is 36.0. The van der Waals surface area contributed by atoms with Gasteiger partial charge in [-0.05, 0) is 43.6 Å². The fourth-order valence-corrected chi connectivity index (χ4v) is 8.42. The van der Waals surface area contributed by atoms with E-state index in [2.05, 4.69) is 15.6 Å². The minimum atomic E-state index is -4.66. The number of nitrogens with one attached hydrogen (secondary N) is 3. The number of allylic oxidation sites excluding steroid dienone is 1. The molecule has 2 aliphatic heterocycles. The number of amides is 4. The average molecular weight is 716 g/mol. The molecule has 1 aromatic heterocycles. The standard InChI is InChI=1S/C34H42FN5O9S/c1-19-8-4-5-9-21-16-34(21,31(43)39-50(46,47)33(35)12-13-33)38-28(41)25-15-22(18-40(25)30(42)27(20(2)14-19)37-32(44)45)49-29-24-11-7-6-10-23(24)26(48-3)17-36-29/h5-7,9-11,17,19-22,25,27,37H,4,8,12-16,18H2,1-3H3,(H,38,41)(H,39,43)(H,44,45)/t19?,20-,21-,22-,25+,27+,34-/m1/s1. The number of halogens is 1. The van der Waals surface area contributed by atoms with E-state index < -0.39 is 74.4 Å². The maximum Gasteiger partial charge on any atom is 0.405 e. The molecule has 2 aromatic rings. The summed E-state index contributed by atoms with van der Waals surface area (Å²) in [6, 6.07) is 4.84. The minimum absolute atomic E-state index is 0.0473. The van der Waals surface area contributed by atoms with Crippen LogP contribution in [0.25, 0.3) is 10.8 Å². The number of carbonyl (C=O) groups is 4. The normalized spacial score (nSPS) is 30.9. The van der Waals surface area contributed by atoms with Crippen molar-refractivity contribution < 1.29 is 46.6 Å². The molecule has 4 amide bonds. The van der Waals surface area contributed by atoms with Crippen molar-refractivity contribution in [1.29, 1.82) is 0 Å². The van der Waals surface area contributed by atoms with Crippen LogP contribution in [0.4, 0.5) is 9.18 Å². The molecule has 270 valence electrons. The number of carboxylic acid groups (broad SMARTS) is 1. The summed E-state index contributed by atoms with van der Waals surface area (Å²) in [7, 11) is -3.14. The second kappa shape index (κ2) is 13.3. The van der Waals surface area contributed by atoms with Crippen molar-refractivity contribution in [1.82, 2.24) is 25.2 Å². The quantitative estimate of drug-likeness (QED) is 0.310. The Bertz CT molecular complexity index is 1840. The van der Waals surface area contributed by atoms with Crippen LogP contribution in [0.2, 0.25) is 0 Å². The van der Waals surface area contributed by atoms with Gasteiger partial charge in [0.2, 0.25) is 22.7 Å². The van der Waals surface area contributed by atoms with Gasteiger partial charge in [-0.2, -0.15) is 0 Å². The van der Waals surface area contributed by atoms with E-state index in [1.807, 2.05) is 29.9 Å². The summed E-state index contributed by atoms with van der Waals surface area (Å²) < 4.78 is 53.7. The number of benzene rings is 1. The monoisotopic (exact) mass is 715 g/mol. The van der Waals surface area contributed by atoms with E-state index in [-0.39, 0.29) is 44.0 Å². The highest BCUT2D eigenvalue weighted by atomic mass is 32.2. The Morgan fingerprint density at radius 1 is 1.14 bits per heavy atom. The summed E-state index contributed by atoms with van der Waals surface area (Å²) >= 11 is 0. The molecule has 16 heteroatoms. The first-order valence-corrected chi connectivity index (χ1v) is 18.3. The molecule has 3 heterocycles. The largest absolute Gasteiger partial charge is 0.494 e. The predicted molar refractivity (Wildman–Crippen MR) is 178 cm³/mol. The SMILES string of the molecule is COc1cnc(O[C@@H]2C[C@H]3C(=O)N[C@]4(C(=O)NS(=O)(=O)C5(F)CC5)C[C@H]4C=CCCC(C)C[C@@H](C)[C@H](NC(=O)O)C(=O)N3C2)c2ccccc12. The summed E-state index contributed by atoms with van der Waals surface area (Å²) in [6.45, 7) is 3.66. The molecular formula is C34H42FN5O9S. The fourth-order valence-electron chi connectivity index (χ4n) is 7.18. The van der Waals surface area contributed by atoms with Gasteiger partial charge in [0, 0.05) is 36.0 Å². The molecule has 4 aliphatic rings. The molecule has 0 bridgehead atoms. The van der Waals surface area contributed by atoms with Gasteiger partial charge in [0.05, 0.1) is 19.9 Å². The smallest absolute Gasteiger partial charge is 0.405 e. The van der Waals surface area contributed by atoms with Crippen molar-refractivity contribution in [3.8, 4) is 11.6 Å². The summed E-state index contributed by atoms with van der Waals surface area (Å²) in [5.74, 6) is -2.63. The summed E-state index contributed by atoms with van der Waals surface area (Å²) in [5.41, 5.74) is -1.70. The molecule has 2 saturated carbocycles. The highest BCUT2D eigenvalue weighted by molar-refractivity contribution is 7.91. The number of methoxy groups -OCH3 is 1. The van der Waals surface area contributed by atoms with Crippen LogP contribution in [0, 0.1) is 17.8 Å². The van der Waals surface area contributed by atoms with E-state index in [0.29, 0.717) is 30.4 Å². The minimum Gasteiger partial charge on any atom is -0.494 e. The molecule has 50 heavy (non-hydrogen) atoms. The average Bonchev–Trinajstić information content (AvgIpc) is 3.95. The lowest BCUT2D eigenvalue weighted by atomic mass is 9.88. The lowest BCUT2D eigenvalue weighted by Crippen LogP contribution is -2.59. The molecule has 14 nitrogen and oxygen atoms in total. The Morgan fingerprint density at radius 2 is 1.86 bits per heavy atom. The number of alkyl halides is 1. The second-order valence-corrected chi connectivity index (χ2v) is 15.9. The molecule has 6 rings (SSSR count). The Hall–Kier alpha value is -4.47. The van der Waals surface area contributed by atoms with Gasteiger partial charge >= 0.3 is 6.09 Å². The fraction of sp³-hybridized carbons (Fsp3) is 0.559. The Balaban J connectivity index is 1.34. The van der Waals surface area contributed by atoms with Crippen molar-refractivity contribution >= 4 is 44.6 Å². The number of sulfonamides is 1. The first-order chi connectivity index (χ1) is 23.7. The Labute approximate surface area is 289 Å². The van der Waals surface area contributed by atoms with Gasteiger partial charge in [-0.25, -0.2) is 27.3 Å². The molecule has 1 unspecified atom stereocenters. The van der Waals surface area contributed by atoms with Gasteiger partial charge < -0.3 is 30.1 Å². The second-order valence-electron chi connectivity index (χ2n) is 14.0. The first kappa shape index (κ1) is 35.4. The van der Waals surface area contributed by atoms with Crippen LogP contribution in [0.1, 0.15) is 58.8 Å². The highest BCUT2D eigenvalue weighted by Gasteiger charge is 2.64. The third-order valence-corrected chi connectivity index (χ3v) is 12.1. The van der Waals surface area contributed by atoms with Crippen molar-refractivity contribution in [2.24, 2.45) is 17.8 Å². The van der Waals surface area contributed by atoms with Crippen molar-refractivity contribution in [3.05, 3.63) is 42.6 Å². The molecule has 4 N–H and O–H groups in total. The maximum atomic E-state index is 14.7. The van der Waals surface area contributed by atoms with Gasteiger partial charge in [0.1, 0.15) is 29.5 Å². The zero-order valence-electron chi connectivity index (χ0n) is 28.1. The lowest BCUT2D eigenvalue weighted by Gasteiger charge is -2.32. The maximum absolute atomic E-state index is 14.7. The number of hydrogen-bond acceptors (Lipinski definition) is 9. The van der Waals surface area contributed by atoms with Crippen LogP contribution in [0.3, 0.4) is 0 Å². The predicted octanol–water partition coefficient (Wildman–Crippen LogP) is 3.02. The van der Waals surface area contributed by atoms with E-state index in [4.69, 9.17) is 9.47 Å². The van der Waals surface area contributed by atoms with Crippen LogP contribution in [-0.2, 0) is 24.4 Å². The van der Waals surface area contributed by atoms with Gasteiger partial charge in [-0.1, -0.05) is 44.2 Å². The van der Waals surface area contributed by atoms with Gasteiger partial charge in [-0.3, -0.25) is 14.4 Å². The summed E-state index contributed by atoms with van der Waals surface area (Å²) in [4.78, 5) is 59.7. The molecule has 7 atom stereocenters. The number of fused-ring (bicyclic) bond motifs is 3. The van der Waals surface area contributed by atoms with E-state index in [1.165, 1.54) is 18.2 Å². The van der Waals surface area contributed by atoms with Crippen molar-refractivity contribution in [2.75, 3.05) is 13.7 Å². The Morgan fingerprint density at radius 3 is 2.54 bits per heavy atom. The number of ether oxygens (including phenoxy) is 2. The first-order valence-electron chi connectivity index (χ1n) is 16.8. The molecule has 1 aromatic carbocycles. The van der Waals surface area contributed by atoms with Crippen molar-refractivity contribution in [3.63, 3.8) is 0 Å². The molecule has 2 aliphatic carbocycles. The van der Waals surface area contributed by atoms with E-state index in [9.17, 15) is 37.1 Å². The molecule has 0 radical (unpaired) electrons.